The van der Waals surface area contributed by atoms with E-state index in [9.17, 15) is 8.42 Å². The molecule has 6 nitrogen and oxygen atoms in total. The molecule has 0 amide bonds. The van der Waals surface area contributed by atoms with Crippen LogP contribution in [0.4, 0.5) is 5.82 Å². The molecule has 1 heterocycles. The summed E-state index contributed by atoms with van der Waals surface area (Å²) in [5, 5.41) is 4.14. The molecule has 4 aromatic rings. The van der Waals surface area contributed by atoms with Crippen molar-refractivity contribution in [3.8, 4) is 11.4 Å². The van der Waals surface area contributed by atoms with Crippen molar-refractivity contribution in [2.45, 2.75) is 11.8 Å². The highest BCUT2D eigenvalue weighted by Gasteiger charge is 2.13. The monoisotopic (exact) mass is 418 g/mol. The molecule has 0 aliphatic carbocycles. The summed E-state index contributed by atoms with van der Waals surface area (Å²) in [6, 6.07) is 24.3. The Kier molecular flexibility index (Phi) is 5.74. The third kappa shape index (κ3) is 4.48. The fraction of sp³-hybridized carbons (Fsp3) is 0.130. The second-order valence-corrected chi connectivity index (χ2v) is 8.68. The van der Waals surface area contributed by atoms with E-state index in [1.54, 1.807) is 24.3 Å². The van der Waals surface area contributed by atoms with Crippen LogP contribution in [0.2, 0.25) is 0 Å². The van der Waals surface area contributed by atoms with Gasteiger partial charge in [-0.25, -0.2) is 23.1 Å². The second kappa shape index (κ2) is 8.61. The van der Waals surface area contributed by atoms with Crippen LogP contribution in [-0.4, -0.2) is 31.5 Å². The van der Waals surface area contributed by atoms with Gasteiger partial charge in [-0.2, -0.15) is 0 Å². The van der Waals surface area contributed by atoms with Crippen molar-refractivity contribution in [3.05, 3.63) is 84.4 Å². The van der Waals surface area contributed by atoms with E-state index < -0.39 is 10.0 Å². The zero-order valence-electron chi connectivity index (χ0n) is 16.5. The van der Waals surface area contributed by atoms with Crippen molar-refractivity contribution < 1.29 is 8.42 Å². The van der Waals surface area contributed by atoms with E-state index in [-0.39, 0.29) is 11.4 Å². The van der Waals surface area contributed by atoms with Crippen molar-refractivity contribution in [3.63, 3.8) is 0 Å². The highest BCUT2D eigenvalue weighted by atomic mass is 32.2. The minimum Gasteiger partial charge on any atom is -0.368 e. The standard InChI is InChI=1S/C23H22N4O2S/c1-17-11-13-19(14-12-17)30(28,29)25-16-15-24-23-20-9-5-6-10-21(20)26-22(27-23)18-7-3-2-4-8-18/h2-14,25H,15-16H2,1H3,(H,24,26,27). The summed E-state index contributed by atoms with van der Waals surface area (Å²) in [6.07, 6.45) is 0. The average Bonchev–Trinajstić information content (AvgIpc) is 2.77. The lowest BCUT2D eigenvalue weighted by Crippen LogP contribution is -2.29. The molecular weight excluding hydrogens is 396 g/mol. The topological polar surface area (TPSA) is 84.0 Å². The van der Waals surface area contributed by atoms with Crippen LogP contribution in [0, 0.1) is 6.92 Å². The smallest absolute Gasteiger partial charge is 0.240 e. The van der Waals surface area contributed by atoms with Crippen LogP contribution in [-0.2, 0) is 10.0 Å². The first-order valence-corrected chi connectivity index (χ1v) is 11.1. The van der Waals surface area contributed by atoms with Crippen LogP contribution in [0.1, 0.15) is 5.56 Å². The van der Waals surface area contributed by atoms with Gasteiger partial charge in [0, 0.05) is 24.0 Å². The number of hydrogen-bond donors (Lipinski definition) is 2. The fourth-order valence-corrected chi connectivity index (χ4v) is 4.13. The maximum absolute atomic E-state index is 12.4. The van der Waals surface area contributed by atoms with Gasteiger partial charge >= 0.3 is 0 Å². The van der Waals surface area contributed by atoms with Crippen LogP contribution in [0.3, 0.4) is 0 Å². The Morgan fingerprint density at radius 3 is 2.27 bits per heavy atom. The Morgan fingerprint density at radius 1 is 0.800 bits per heavy atom. The number of nitrogens with zero attached hydrogens (tertiary/aromatic N) is 2. The van der Waals surface area contributed by atoms with Gasteiger partial charge in [0.25, 0.3) is 0 Å². The summed E-state index contributed by atoms with van der Waals surface area (Å²) >= 11 is 0. The lowest BCUT2D eigenvalue weighted by molar-refractivity contribution is 0.583. The van der Waals surface area contributed by atoms with Gasteiger partial charge in [0.15, 0.2) is 5.82 Å². The van der Waals surface area contributed by atoms with Gasteiger partial charge in [-0.1, -0.05) is 60.2 Å². The number of aryl methyl sites for hydroxylation is 1. The maximum Gasteiger partial charge on any atom is 0.240 e. The van der Waals surface area contributed by atoms with E-state index in [1.807, 2.05) is 61.5 Å². The number of aromatic nitrogens is 2. The van der Waals surface area contributed by atoms with Crippen LogP contribution in [0.25, 0.3) is 22.3 Å². The number of rotatable bonds is 7. The molecule has 152 valence electrons. The lowest BCUT2D eigenvalue weighted by atomic mass is 10.2. The summed E-state index contributed by atoms with van der Waals surface area (Å²) in [5.41, 5.74) is 2.76. The molecule has 2 N–H and O–H groups in total. The van der Waals surface area contributed by atoms with E-state index in [1.165, 1.54) is 0 Å². The highest BCUT2D eigenvalue weighted by Crippen LogP contribution is 2.24. The maximum atomic E-state index is 12.4. The summed E-state index contributed by atoms with van der Waals surface area (Å²) in [6.45, 7) is 2.54. The van der Waals surface area contributed by atoms with Gasteiger partial charge in [-0.3, -0.25) is 0 Å². The first-order valence-electron chi connectivity index (χ1n) is 9.65. The van der Waals surface area contributed by atoms with E-state index in [4.69, 9.17) is 0 Å². The first kappa shape index (κ1) is 20.0. The van der Waals surface area contributed by atoms with Gasteiger partial charge < -0.3 is 5.32 Å². The Labute approximate surface area is 176 Å². The van der Waals surface area contributed by atoms with Crippen molar-refractivity contribution >= 4 is 26.7 Å². The number of sulfonamides is 1. The van der Waals surface area contributed by atoms with Gasteiger partial charge in [-0.05, 0) is 31.2 Å². The Morgan fingerprint density at radius 2 is 1.50 bits per heavy atom. The molecule has 0 radical (unpaired) electrons. The fourth-order valence-electron chi connectivity index (χ4n) is 3.09. The van der Waals surface area contributed by atoms with Gasteiger partial charge in [0.1, 0.15) is 5.82 Å². The molecule has 7 heteroatoms. The number of fused-ring (bicyclic) bond motifs is 1. The molecule has 0 aliphatic rings. The summed E-state index contributed by atoms with van der Waals surface area (Å²) < 4.78 is 27.5. The lowest BCUT2D eigenvalue weighted by Gasteiger charge is -2.12. The van der Waals surface area contributed by atoms with Crippen LogP contribution in [0.5, 0.6) is 0 Å². The number of para-hydroxylation sites is 1. The third-order valence-corrected chi connectivity index (χ3v) is 6.15. The summed E-state index contributed by atoms with van der Waals surface area (Å²) in [4.78, 5) is 9.59. The van der Waals surface area contributed by atoms with Gasteiger partial charge in [-0.15, -0.1) is 0 Å². The molecule has 0 saturated heterocycles. The van der Waals surface area contributed by atoms with Crippen molar-refractivity contribution in [1.82, 2.24) is 14.7 Å². The van der Waals surface area contributed by atoms with Crippen molar-refractivity contribution in [2.75, 3.05) is 18.4 Å². The number of anilines is 1. The number of benzene rings is 3. The van der Waals surface area contributed by atoms with Gasteiger partial charge in [0.05, 0.1) is 10.4 Å². The Hall–Kier alpha value is -3.29. The van der Waals surface area contributed by atoms with Crippen molar-refractivity contribution in [2.24, 2.45) is 0 Å². The molecule has 0 atom stereocenters. The molecule has 0 spiro atoms. The van der Waals surface area contributed by atoms with E-state index in [0.717, 1.165) is 22.0 Å². The van der Waals surface area contributed by atoms with E-state index >= 15 is 0 Å². The average molecular weight is 419 g/mol. The molecule has 1 aromatic heterocycles. The Balaban J connectivity index is 1.50. The largest absolute Gasteiger partial charge is 0.368 e. The second-order valence-electron chi connectivity index (χ2n) is 6.92. The Bertz CT molecular complexity index is 1260. The summed E-state index contributed by atoms with van der Waals surface area (Å²) in [7, 11) is -3.55. The predicted molar refractivity (Wildman–Crippen MR) is 120 cm³/mol. The highest BCUT2D eigenvalue weighted by molar-refractivity contribution is 7.89. The molecule has 0 fully saturated rings. The quantitative estimate of drug-likeness (QED) is 0.443. The van der Waals surface area contributed by atoms with Crippen LogP contribution in [0.15, 0.2) is 83.8 Å². The molecule has 0 aliphatic heterocycles. The van der Waals surface area contributed by atoms with Gasteiger partial charge in [0.2, 0.25) is 10.0 Å². The van der Waals surface area contributed by atoms with Crippen molar-refractivity contribution in [1.29, 1.82) is 0 Å². The number of nitrogens with one attached hydrogen (secondary N) is 2. The normalized spacial score (nSPS) is 11.5. The third-order valence-electron chi connectivity index (χ3n) is 4.68. The molecule has 4 rings (SSSR count). The van der Waals surface area contributed by atoms with E-state index in [2.05, 4.69) is 20.0 Å². The molecule has 0 unspecified atom stereocenters. The van der Waals surface area contributed by atoms with E-state index in [0.29, 0.717) is 18.2 Å². The van der Waals surface area contributed by atoms with Crippen LogP contribution < -0.4 is 10.0 Å². The van der Waals surface area contributed by atoms with Crippen LogP contribution >= 0.6 is 0 Å². The zero-order chi connectivity index (χ0) is 21.0. The SMILES string of the molecule is Cc1ccc(S(=O)(=O)NCCNc2nc(-c3ccccc3)nc3ccccc23)cc1. The minimum absolute atomic E-state index is 0.231. The molecule has 3 aromatic carbocycles. The zero-order valence-corrected chi connectivity index (χ0v) is 17.4. The molecule has 0 saturated carbocycles. The first-order chi connectivity index (χ1) is 14.5. The predicted octanol–water partition coefficient (Wildman–Crippen LogP) is 4.00. The molecule has 30 heavy (non-hydrogen) atoms. The number of hydrogen-bond acceptors (Lipinski definition) is 5. The molecular formula is C23H22N4O2S. The minimum atomic E-state index is -3.55. The molecule has 0 bridgehead atoms. The summed E-state index contributed by atoms with van der Waals surface area (Å²) in [5.74, 6) is 1.30.